The summed E-state index contributed by atoms with van der Waals surface area (Å²) in [5, 5.41) is 10.1. The molecule has 7 heteroatoms. The third-order valence-corrected chi connectivity index (χ3v) is 4.90. The summed E-state index contributed by atoms with van der Waals surface area (Å²) < 4.78 is 22.4. The minimum atomic E-state index is -4.60. The molecule has 1 atom stereocenters. The molecule has 0 aliphatic rings. The number of hydrogen-bond acceptors (Lipinski definition) is 6. The van der Waals surface area contributed by atoms with Crippen LogP contribution in [0.5, 0.6) is 11.5 Å². The zero-order chi connectivity index (χ0) is 20.1. The Balaban J connectivity index is 1.43. The van der Waals surface area contributed by atoms with Crippen molar-refractivity contribution in [3.8, 4) is 11.5 Å². The molecule has 144 valence electrons. The van der Waals surface area contributed by atoms with Crippen LogP contribution in [-0.2, 0) is 4.57 Å². The van der Waals surface area contributed by atoms with Crippen LogP contribution in [0.25, 0.3) is 10.8 Å². The minimum absolute atomic E-state index is 0.128. The average molecular weight is 403 g/mol. The van der Waals surface area contributed by atoms with Gasteiger partial charge in [0.2, 0.25) is 0 Å². The molecule has 4 rings (SSSR count). The molecular formula is C22H16N2O4P-. The number of azo groups is 1. The molecule has 0 saturated heterocycles. The molecule has 0 aliphatic heterocycles. The van der Waals surface area contributed by atoms with Gasteiger partial charge < -0.3 is 13.9 Å². The Bertz CT molecular complexity index is 1190. The van der Waals surface area contributed by atoms with Gasteiger partial charge in [0.1, 0.15) is 11.5 Å². The van der Waals surface area contributed by atoms with Crippen molar-refractivity contribution in [2.45, 2.75) is 0 Å². The van der Waals surface area contributed by atoms with Crippen molar-refractivity contribution in [1.29, 1.82) is 0 Å². The highest BCUT2D eigenvalue weighted by molar-refractivity contribution is 7.46. The van der Waals surface area contributed by atoms with Crippen molar-refractivity contribution in [2.24, 2.45) is 10.2 Å². The number of rotatable bonds is 6. The van der Waals surface area contributed by atoms with Crippen molar-refractivity contribution in [1.82, 2.24) is 0 Å². The summed E-state index contributed by atoms with van der Waals surface area (Å²) in [7, 11) is -4.60. The minimum Gasteiger partial charge on any atom is -0.736 e. The standard InChI is InChI=1S/C22H17N2O4P/c25-29(26,28-22-13-10-17-6-4-5-7-18(17)16-22)27-21-14-11-20(12-15-21)24-23-19-8-2-1-3-9-19/h1-16H,(H,25,26)/p-1. The third kappa shape index (κ3) is 5.08. The summed E-state index contributed by atoms with van der Waals surface area (Å²) in [5.74, 6) is 0.318. The van der Waals surface area contributed by atoms with Gasteiger partial charge in [-0.15, -0.1) is 0 Å². The van der Waals surface area contributed by atoms with E-state index in [-0.39, 0.29) is 11.5 Å². The van der Waals surface area contributed by atoms with Gasteiger partial charge in [0, 0.05) is 0 Å². The number of hydrogen-bond donors (Lipinski definition) is 0. The first kappa shape index (κ1) is 18.9. The molecule has 29 heavy (non-hydrogen) atoms. The second-order valence-electron chi connectivity index (χ2n) is 6.17. The number of fused-ring (bicyclic) bond motifs is 1. The van der Waals surface area contributed by atoms with Crippen LogP contribution in [0.15, 0.2) is 107 Å². The molecule has 0 spiro atoms. The van der Waals surface area contributed by atoms with E-state index in [2.05, 4.69) is 10.2 Å². The maximum atomic E-state index is 12.2. The fraction of sp³-hybridized carbons (Fsp3) is 0. The van der Waals surface area contributed by atoms with Gasteiger partial charge in [0.25, 0.3) is 0 Å². The Morgan fingerprint density at radius 2 is 1.17 bits per heavy atom. The Morgan fingerprint density at radius 3 is 1.90 bits per heavy atom. The average Bonchev–Trinajstić information content (AvgIpc) is 2.73. The molecule has 4 aromatic rings. The Kier molecular flexibility index (Phi) is 5.38. The van der Waals surface area contributed by atoms with Crippen LogP contribution >= 0.6 is 7.82 Å². The summed E-state index contributed by atoms with van der Waals surface area (Å²) in [6.45, 7) is 0. The first-order valence-electron chi connectivity index (χ1n) is 8.83. The molecule has 0 N–H and O–H groups in total. The molecule has 0 heterocycles. The highest BCUT2D eigenvalue weighted by atomic mass is 31.2. The fourth-order valence-electron chi connectivity index (χ4n) is 2.68. The van der Waals surface area contributed by atoms with Crippen LogP contribution in [0.4, 0.5) is 11.4 Å². The van der Waals surface area contributed by atoms with Gasteiger partial charge in [-0.2, -0.15) is 10.2 Å². The van der Waals surface area contributed by atoms with Gasteiger partial charge in [-0.25, -0.2) is 4.57 Å². The Morgan fingerprint density at radius 1 is 0.621 bits per heavy atom. The van der Waals surface area contributed by atoms with E-state index in [1.165, 1.54) is 12.1 Å². The van der Waals surface area contributed by atoms with Crippen LogP contribution in [0.2, 0.25) is 0 Å². The van der Waals surface area contributed by atoms with E-state index in [9.17, 15) is 9.46 Å². The van der Waals surface area contributed by atoms with E-state index < -0.39 is 7.82 Å². The van der Waals surface area contributed by atoms with Crippen molar-refractivity contribution >= 4 is 30.0 Å². The van der Waals surface area contributed by atoms with E-state index in [1.54, 1.807) is 30.3 Å². The number of phosphoric acid groups is 1. The lowest BCUT2D eigenvalue weighted by Crippen LogP contribution is -2.13. The first-order valence-corrected chi connectivity index (χ1v) is 10.3. The van der Waals surface area contributed by atoms with E-state index >= 15 is 0 Å². The zero-order valence-corrected chi connectivity index (χ0v) is 16.1. The van der Waals surface area contributed by atoms with Crippen LogP contribution in [0.3, 0.4) is 0 Å². The van der Waals surface area contributed by atoms with E-state index in [0.29, 0.717) is 5.69 Å². The zero-order valence-electron chi connectivity index (χ0n) is 15.2. The van der Waals surface area contributed by atoms with Gasteiger partial charge in [-0.05, 0) is 59.3 Å². The molecule has 0 saturated carbocycles. The van der Waals surface area contributed by atoms with Crippen LogP contribution in [-0.4, -0.2) is 0 Å². The molecule has 1 unspecified atom stereocenters. The molecule has 0 amide bonds. The molecular weight excluding hydrogens is 387 g/mol. The van der Waals surface area contributed by atoms with E-state index in [1.807, 2.05) is 54.6 Å². The number of nitrogens with zero attached hydrogens (tertiary/aromatic N) is 2. The summed E-state index contributed by atoms with van der Waals surface area (Å²) in [5.41, 5.74) is 1.29. The lowest BCUT2D eigenvalue weighted by molar-refractivity contribution is -0.208. The van der Waals surface area contributed by atoms with Gasteiger partial charge in [0.15, 0.2) is 0 Å². The molecule has 4 aromatic carbocycles. The molecule has 0 radical (unpaired) electrons. The largest absolute Gasteiger partial charge is 0.736 e. The molecule has 0 fully saturated rings. The van der Waals surface area contributed by atoms with Crippen molar-refractivity contribution < 1.29 is 18.5 Å². The predicted octanol–water partition coefficient (Wildman–Crippen LogP) is 6.18. The highest BCUT2D eigenvalue weighted by Crippen LogP contribution is 2.41. The third-order valence-electron chi connectivity index (χ3n) is 4.03. The molecule has 0 aliphatic carbocycles. The summed E-state index contributed by atoms with van der Waals surface area (Å²) >= 11 is 0. The first-order chi connectivity index (χ1) is 14.1. The fourth-order valence-corrected chi connectivity index (χ4v) is 3.47. The maximum Gasteiger partial charge on any atom is 0.372 e. The topological polar surface area (TPSA) is 83.3 Å². The number of phosphoric ester groups is 1. The summed E-state index contributed by atoms with van der Waals surface area (Å²) in [6.07, 6.45) is 0. The van der Waals surface area contributed by atoms with Crippen LogP contribution in [0, 0.1) is 0 Å². The monoisotopic (exact) mass is 403 g/mol. The van der Waals surface area contributed by atoms with Gasteiger partial charge >= 0.3 is 7.82 Å². The van der Waals surface area contributed by atoms with Gasteiger partial charge in [-0.1, -0.05) is 48.5 Å². The van der Waals surface area contributed by atoms with Crippen molar-refractivity contribution in [2.75, 3.05) is 0 Å². The normalized spacial score (nSPS) is 13.3. The summed E-state index contributed by atoms with van der Waals surface area (Å²) in [4.78, 5) is 12.2. The Labute approximate surface area is 167 Å². The van der Waals surface area contributed by atoms with Crippen LogP contribution in [0.1, 0.15) is 0 Å². The quantitative estimate of drug-likeness (QED) is 0.284. The van der Waals surface area contributed by atoms with Crippen LogP contribution < -0.4 is 13.9 Å². The Hall–Kier alpha value is -3.47. The molecule has 6 nitrogen and oxygen atoms in total. The highest BCUT2D eigenvalue weighted by Gasteiger charge is 2.13. The van der Waals surface area contributed by atoms with Crippen molar-refractivity contribution in [3.63, 3.8) is 0 Å². The maximum absolute atomic E-state index is 12.2. The molecule has 0 aromatic heterocycles. The number of benzene rings is 4. The second-order valence-corrected chi connectivity index (χ2v) is 7.43. The summed E-state index contributed by atoms with van der Waals surface area (Å²) in [6, 6.07) is 28.1. The van der Waals surface area contributed by atoms with Gasteiger partial charge in [-0.3, -0.25) is 0 Å². The lowest BCUT2D eigenvalue weighted by atomic mass is 10.1. The van der Waals surface area contributed by atoms with E-state index in [0.717, 1.165) is 16.5 Å². The lowest BCUT2D eigenvalue weighted by Gasteiger charge is -2.23. The molecule has 0 bridgehead atoms. The smallest absolute Gasteiger partial charge is 0.372 e. The van der Waals surface area contributed by atoms with Gasteiger partial charge in [0.05, 0.1) is 11.4 Å². The second kappa shape index (κ2) is 8.27. The van der Waals surface area contributed by atoms with E-state index in [4.69, 9.17) is 9.05 Å². The SMILES string of the molecule is O=P([O-])(Oc1ccc(N=Nc2ccccc2)cc1)Oc1ccc2ccccc2c1. The predicted molar refractivity (Wildman–Crippen MR) is 110 cm³/mol. The van der Waals surface area contributed by atoms with Crippen molar-refractivity contribution in [3.05, 3.63) is 97.1 Å².